The third-order valence-electron chi connectivity index (χ3n) is 2.65. The third-order valence-corrected chi connectivity index (χ3v) is 2.96. The number of rotatable bonds is 2. The van der Waals surface area contributed by atoms with E-state index in [1.54, 1.807) is 6.20 Å². The second-order valence-electron chi connectivity index (χ2n) is 3.78. The molecule has 0 aliphatic carbocycles. The number of pyridine rings is 1. The van der Waals surface area contributed by atoms with Gasteiger partial charge in [0.1, 0.15) is 6.07 Å². The third kappa shape index (κ3) is 1.92. The van der Waals surface area contributed by atoms with Crippen LogP contribution in [0.4, 0.5) is 5.69 Å². The van der Waals surface area contributed by atoms with E-state index in [9.17, 15) is 0 Å². The molecule has 1 aromatic carbocycles. The van der Waals surface area contributed by atoms with Gasteiger partial charge in [0.15, 0.2) is 0 Å². The predicted octanol–water partition coefficient (Wildman–Crippen LogP) is 3.50. The minimum atomic E-state index is 0.546. The van der Waals surface area contributed by atoms with Crippen LogP contribution in [0.5, 0.6) is 0 Å². The summed E-state index contributed by atoms with van der Waals surface area (Å²) in [5.74, 6) is 0. The van der Waals surface area contributed by atoms with Gasteiger partial charge in [-0.15, -0.1) is 0 Å². The molecule has 3 nitrogen and oxygen atoms in total. The highest BCUT2D eigenvalue weighted by Crippen LogP contribution is 2.32. The quantitative estimate of drug-likeness (QED) is 0.881. The number of hydrogen-bond acceptors (Lipinski definition) is 3. The Morgan fingerprint density at radius 3 is 2.88 bits per heavy atom. The molecule has 0 saturated heterocycles. The number of aromatic nitrogens is 1. The first-order chi connectivity index (χ1) is 8.19. The lowest BCUT2D eigenvalue weighted by atomic mass is 10.0. The summed E-state index contributed by atoms with van der Waals surface area (Å²) in [6.45, 7) is 4.73. The Morgan fingerprint density at radius 1 is 1.47 bits per heavy atom. The van der Waals surface area contributed by atoms with Crippen molar-refractivity contribution in [1.29, 1.82) is 5.26 Å². The molecule has 17 heavy (non-hydrogen) atoms. The summed E-state index contributed by atoms with van der Waals surface area (Å²) in [6, 6.07) is 5.92. The van der Waals surface area contributed by atoms with Crippen LogP contribution in [0.15, 0.2) is 18.3 Å². The number of aryl methyl sites for hydroxylation is 1. The summed E-state index contributed by atoms with van der Waals surface area (Å²) in [6.07, 6.45) is 1.56. The van der Waals surface area contributed by atoms with Crippen LogP contribution in [0.3, 0.4) is 0 Å². The van der Waals surface area contributed by atoms with Crippen LogP contribution in [0.2, 0.25) is 5.02 Å². The van der Waals surface area contributed by atoms with E-state index in [4.69, 9.17) is 16.9 Å². The maximum Gasteiger partial charge on any atom is 0.103 e. The molecule has 1 heterocycles. The molecule has 0 unspecified atom stereocenters. The lowest BCUT2D eigenvalue weighted by Crippen LogP contribution is -2.02. The molecule has 0 atom stereocenters. The molecule has 1 aromatic heterocycles. The van der Waals surface area contributed by atoms with Crippen molar-refractivity contribution >= 4 is 28.2 Å². The van der Waals surface area contributed by atoms with Gasteiger partial charge in [-0.2, -0.15) is 5.26 Å². The largest absolute Gasteiger partial charge is 0.384 e. The summed E-state index contributed by atoms with van der Waals surface area (Å²) >= 11 is 6.12. The fourth-order valence-corrected chi connectivity index (χ4v) is 2.09. The summed E-state index contributed by atoms with van der Waals surface area (Å²) < 4.78 is 0. The first-order valence-corrected chi connectivity index (χ1v) is 5.78. The van der Waals surface area contributed by atoms with Crippen molar-refractivity contribution in [3.63, 3.8) is 0 Å². The zero-order valence-corrected chi connectivity index (χ0v) is 10.5. The Bertz CT molecular complexity index is 614. The zero-order chi connectivity index (χ0) is 12.4. The van der Waals surface area contributed by atoms with Crippen molar-refractivity contribution in [2.75, 3.05) is 11.9 Å². The number of benzene rings is 1. The molecule has 0 amide bonds. The van der Waals surface area contributed by atoms with Crippen LogP contribution in [0.1, 0.15) is 18.1 Å². The highest BCUT2D eigenvalue weighted by atomic mass is 35.5. The van der Waals surface area contributed by atoms with E-state index in [1.807, 2.05) is 26.0 Å². The first kappa shape index (κ1) is 11.7. The molecule has 2 aromatic rings. The lowest BCUT2D eigenvalue weighted by Gasteiger charge is -2.12. The predicted molar refractivity (Wildman–Crippen MR) is 70.4 cm³/mol. The molecule has 4 heteroatoms. The van der Waals surface area contributed by atoms with Crippen molar-refractivity contribution in [1.82, 2.24) is 4.98 Å². The molecule has 86 valence electrons. The fourth-order valence-electron chi connectivity index (χ4n) is 1.88. The van der Waals surface area contributed by atoms with E-state index in [2.05, 4.69) is 16.4 Å². The number of fused-ring (bicyclic) bond motifs is 1. The molecule has 0 saturated carbocycles. The van der Waals surface area contributed by atoms with Gasteiger partial charge in [-0.25, -0.2) is 0 Å². The second-order valence-corrected chi connectivity index (χ2v) is 4.18. The Balaban J connectivity index is 2.89. The Hall–Kier alpha value is -1.79. The summed E-state index contributed by atoms with van der Waals surface area (Å²) in [5.41, 5.74) is 3.16. The normalized spacial score (nSPS) is 10.2. The molecule has 0 aliphatic rings. The van der Waals surface area contributed by atoms with Crippen molar-refractivity contribution < 1.29 is 0 Å². The van der Waals surface area contributed by atoms with Gasteiger partial charge in [0.25, 0.3) is 0 Å². The van der Waals surface area contributed by atoms with E-state index in [0.717, 1.165) is 28.7 Å². The number of anilines is 1. The Morgan fingerprint density at radius 2 is 2.24 bits per heavy atom. The number of halogens is 1. The van der Waals surface area contributed by atoms with Crippen molar-refractivity contribution in [2.45, 2.75) is 13.8 Å². The van der Waals surface area contributed by atoms with Crippen LogP contribution in [0.25, 0.3) is 10.9 Å². The van der Waals surface area contributed by atoms with Gasteiger partial charge >= 0.3 is 0 Å². The number of nitriles is 1. The zero-order valence-electron chi connectivity index (χ0n) is 9.71. The Kier molecular flexibility index (Phi) is 3.16. The van der Waals surface area contributed by atoms with E-state index in [0.29, 0.717) is 10.6 Å². The molecule has 0 aliphatic heterocycles. The monoisotopic (exact) mass is 245 g/mol. The van der Waals surface area contributed by atoms with Crippen LogP contribution in [0, 0.1) is 18.3 Å². The lowest BCUT2D eigenvalue weighted by molar-refractivity contribution is 1.20. The molecule has 2 rings (SSSR count). The number of hydrogen-bond donors (Lipinski definition) is 1. The number of nitrogens with one attached hydrogen (secondary N) is 1. The standard InChI is InChI=1S/C13H12ClN3/c1-3-16-12-9(6-15)7-17-13-10(14)5-4-8(2)11(12)13/h4-5,7H,3H2,1-2H3,(H,16,17). The smallest absolute Gasteiger partial charge is 0.103 e. The Labute approximate surface area is 105 Å². The molecule has 0 bridgehead atoms. The molecule has 0 fully saturated rings. The van der Waals surface area contributed by atoms with E-state index >= 15 is 0 Å². The van der Waals surface area contributed by atoms with Gasteiger partial charge in [0.05, 0.1) is 21.8 Å². The molecule has 0 radical (unpaired) electrons. The molecular formula is C13H12ClN3. The van der Waals surface area contributed by atoms with E-state index < -0.39 is 0 Å². The van der Waals surface area contributed by atoms with E-state index in [1.165, 1.54) is 0 Å². The van der Waals surface area contributed by atoms with Crippen molar-refractivity contribution in [3.8, 4) is 6.07 Å². The first-order valence-electron chi connectivity index (χ1n) is 5.40. The average Bonchev–Trinajstić information content (AvgIpc) is 2.34. The average molecular weight is 246 g/mol. The minimum absolute atomic E-state index is 0.546. The van der Waals surface area contributed by atoms with Crippen molar-refractivity contribution in [3.05, 3.63) is 34.5 Å². The molecule has 1 N–H and O–H groups in total. The molecule has 0 spiro atoms. The topological polar surface area (TPSA) is 48.7 Å². The maximum atomic E-state index is 9.10. The van der Waals surface area contributed by atoms with Gasteiger partial charge in [0, 0.05) is 18.1 Å². The van der Waals surface area contributed by atoms with Crippen molar-refractivity contribution in [2.24, 2.45) is 0 Å². The maximum absolute atomic E-state index is 9.10. The highest BCUT2D eigenvalue weighted by molar-refractivity contribution is 6.35. The SMILES string of the molecule is CCNc1c(C#N)cnc2c(Cl)ccc(C)c12. The van der Waals surface area contributed by atoms with Gasteiger partial charge in [-0.3, -0.25) is 4.98 Å². The minimum Gasteiger partial charge on any atom is -0.384 e. The van der Waals surface area contributed by atoms with Crippen LogP contribution < -0.4 is 5.32 Å². The summed E-state index contributed by atoms with van der Waals surface area (Å²) in [4.78, 5) is 4.26. The van der Waals surface area contributed by atoms with Gasteiger partial charge in [0.2, 0.25) is 0 Å². The van der Waals surface area contributed by atoms with Crippen LogP contribution in [-0.4, -0.2) is 11.5 Å². The number of nitrogens with zero attached hydrogens (tertiary/aromatic N) is 2. The second kappa shape index (κ2) is 4.60. The highest BCUT2D eigenvalue weighted by Gasteiger charge is 2.12. The van der Waals surface area contributed by atoms with Gasteiger partial charge < -0.3 is 5.32 Å². The van der Waals surface area contributed by atoms with Gasteiger partial charge in [-0.05, 0) is 25.5 Å². The van der Waals surface area contributed by atoms with Gasteiger partial charge in [-0.1, -0.05) is 17.7 Å². The van der Waals surface area contributed by atoms with Crippen LogP contribution in [-0.2, 0) is 0 Å². The van der Waals surface area contributed by atoms with Crippen LogP contribution >= 0.6 is 11.6 Å². The summed E-state index contributed by atoms with van der Waals surface area (Å²) in [5, 5.41) is 13.9. The summed E-state index contributed by atoms with van der Waals surface area (Å²) in [7, 11) is 0. The van der Waals surface area contributed by atoms with E-state index in [-0.39, 0.29) is 0 Å². The molecular weight excluding hydrogens is 234 g/mol. The fraction of sp³-hybridized carbons (Fsp3) is 0.231.